The minimum Gasteiger partial charge on any atom is -0.508 e. The Bertz CT molecular complexity index is 461. The number of phenolic OH excluding ortho intramolecular Hbond substituents is 1. The van der Waals surface area contributed by atoms with Crippen LogP contribution in [0.25, 0.3) is 0 Å². The Hall–Kier alpha value is -1.49. The molecule has 1 unspecified atom stereocenters. The molecule has 1 fully saturated rings. The molecule has 0 aromatic heterocycles. The number of amides is 2. The highest BCUT2D eigenvalue weighted by molar-refractivity contribution is 8.00. The molecule has 2 amide bonds. The Morgan fingerprint density at radius 2 is 2.24 bits per heavy atom. The molecule has 0 spiro atoms. The summed E-state index contributed by atoms with van der Waals surface area (Å²) in [6, 6.07) is 6.20. The van der Waals surface area contributed by atoms with E-state index < -0.39 is 0 Å². The number of imide groups is 1. The van der Waals surface area contributed by atoms with Crippen molar-refractivity contribution in [2.45, 2.75) is 18.6 Å². The van der Waals surface area contributed by atoms with Crippen LogP contribution in [0, 0.1) is 0 Å². The molecular formula is C12H13NO3S. The summed E-state index contributed by atoms with van der Waals surface area (Å²) >= 11 is 1.48. The van der Waals surface area contributed by atoms with Gasteiger partial charge in [-0.3, -0.25) is 9.59 Å². The van der Waals surface area contributed by atoms with Gasteiger partial charge >= 0.3 is 0 Å². The molecule has 0 saturated carbocycles. The average Bonchev–Trinajstić information content (AvgIpc) is 2.55. The monoisotopic (exact) mass is 251 g/mol. The lowest BCUT2D eigenvalue weighted by molar-refractivity contribution is -0.121. The molecule has 5 heteroatoms. The van der Waals surface area contributed by atoms with Crippen LogP contribution in [0.1, 0.15) is 13.3 Å². The molecule has 1 aliphatic rings. The summed E-state index contributed by atoms with van der Waals surface area (Å²) in [5.41, 5.74) is 0.444. The van der Waals surface area contributed by atoms with Crippen molar-refractivity contribution in [3.8, 4) is 5.75 Å². The molecule has 4 nitrogen and oxygen atoms in total. The van der Waals surface area contributed by atoms with Gasteiger partial charge < -0.3 is 5.11 Å². The lowest BCUT2D eigenvalue weighted by Gasteiger charge is -2.14. The van der Waals surface area contributed by atoms with Crippen LogP contribution in [0.5, 0.6) is 5.75 Å². The lowest BCUT2D eigenvalue weighted by Crippen LogP contribution is -2.31. The van der Waals surface area contributed by atoms with Gasteiger partial charge in [0.25, 0.3) is 0 Å². The van der Waals surface area contributed by atoms with E-state index in [4.69, 9.17) is 0 Å². The summed E-state index contributed by atoms with van der Waals surface area (Å²) in [5, 5.41) is 9.08. The average molecular weight is 251 g/mol. The number of anilines is 1. The van der Waals surface area contributed by atoms with Gasteiger partial charge in [0.15, 0.2) is 0 Å². The maximum atomic E-state index is 12.0. The van der Waals surface area contributed by atoms with Gasteiger partial charge in [0.2, 0.25) is 11.8 Å². The van der Waals surface area contributed by atoms with Crippen LogP contribution in [0.3, 0.4) is 0 Å². The summed E-state index contributed by atoms with van der Waals surface area (Å²) < 4.78 is 0. The molecule has 17 heavy (non-hydrogen) atoms. The quantitative estimate of drug-likeness (QED) is 0.832. The molecule has 1 saturated heterocycles. The Morgan fingerprint density at radius 3 is 2.88 bits per heavy atom. The second-order valence-corrected chi connectivity index (χ2v) is 5.22. The van der Waals surface area contributed by atoms with Gasteiger partial charge in [0, 0.05) is 12.5 Å². The number of carbonyl (C=O) groups is 2. The standard InChI is InChI=1S/C12H13NO3S/c1-2-17-10-7-11(15)13(12(10)16)8-4-3-5-9(14)6-8/h3-6,10,14H,2,7H2,1H3. The molecule has 1 aliphatic heterocycles. The zero-order chi connectivity index (χ0) is 12.4. The number of benzene rings is 1. The molecule has 1 atom stereocenters. The molecular weight excluding hydrogens is 238 g/mol. The number of carbonyl (C=O) groups excluding carboxylic acids is 2. The molecule has 0 aliphatic carbocycles. The topological polar surface area (TPSA) is 57.6 Å². The van der Waals surface area contributed by atoms with Crippen molar-refractivity contribution < 1.29 is 14.7 Å². The Morgan fingerprint density at radius 1 is 1.47 bits per heavy atom. The Labute approximate surface area is 104 Å². The van der Waals surface area contributed by atoms with Gasteiger partial charge in [-0.25, -0.2) is 4.90 Å². The van der Waals surface area contributed by atoms with E-state index in [1.54, 1.807) is 12.1 Å². The molecule has 1 heterocycles. The van der Waals surface area contributed by atoms with Gasteiger partial charge in [-0.2, -0.15) is 0 Å². The largest absolute Gasteiger partial charge is 0.508 e. The molecule has 0 radical (unpaired) electrons. The van der Waals surface area contributed by atoms with Gasteiger partial charge in [-0.15, -0.1) is 11.8 Å². The first-order valence-corrected chi connectivity index (χ1v) is 6.45. The third kappa shape index (κ3) is 2.29. The van der Waals surface area contributed by atoms with E-state index in [0.717, 1.165) is 10.7 Å². The van der Waals surface area contributed by atoms with E-state index >= 15 is 0 Å². The number of hydrogen-bond acceptors (Lipinski definition) is 4. The second-order valence-electron chi connectivity index (χ2n) is 3.74. The molecule has 1 N–H and O–H groups in total. The van der Waals surface area contributed by atoms with E-state index in [9.17, 15) is 14.7 Å². The van der Waals surface area contributed by atoms with Crippen LogP contribution in [0.2, 0.25) is 0 Å². The first kappa shape index (κ1) is 12.0. The zero-order valence-corrected chi connectivity index (χ0v) is 10.2. The predicted molar refractivity (Wildman–Crippen MR) is 67.1 cm³/mol. The third-order valence-electron chi connectivity index (χ3n) is 2.56. The molecule has 1 aromatic rings. The maximum Gasteiger partial charge on any atom is 0.247 e. The van der Waals surface area contributed by atoms with Gasteiger partial charge in [0.05, 0.1) is 10.9 Å². The fraction of sp³-hybridized carbons (Fsp3) is 0.333. The Balaban J connectivity index is 2.27. The van der Waals surface area contributed by atoms with Crippen molar-refractivity contribution in [1.82, 2.24) is 0 Å². The highest BCUT2D eigenvalue weighted by Gasteiger charge is 2.39. The molecule has 90 valence electrons. The SMILES string of the molecule is CCSC1CC(=O)N(c2cccc(O)c2)C1=O. The summed E-state index contributed by atoms with van der Waals surface area (Å²) in [6.45, 7) is 1.96. The number of aromatic hydroxyl groups is 1. The highest BCUT2D eigenvalue weighted by Crippen LogP contribution is 2.30. The molecule has 0 bridgehead atoms. The van der Waals surface area contributed by atoms with Gasteiger partial charge in [-0.05, 0) is 17.9 Å². The Kier molecular flexibility index (Phi) is 3.38. The minimum atomic E-state index is -0.283. The lowest BCUT2D eigenvalue weighted by atomic mass is 10.3. The molecule has 2 rings (SSSR count). The molecule has 1 aromatic carbocycles. The van der Waals surface area contributed by atoms with Crippen LogP contribution >= 0.6 is 11.8 Å². The van der Waals surface area contributed by atoms with E-state index in [1.165, 1.54) is 23.9 Å². The number of phenols is 1. The minimum absolute atomic E-state index is 0.0506. The van der Waals surface area contributed by atoms with E-state index in [-0.39, 0.29) is 29.2 Å². The highest BCUT2D eigenvalue weighted by atomic mass is 32.2. The summed E-state index contributed by atoms with van der Waals surface area (Å²) in [6.07, 6.45) is 0.243. The van der Waals surface area contributed by atoms with E-state index in [1.807, 2.05) is 6.92 Å². The number of rotatable bonds is 3. The first-order chi connectivity index (χ1) is 8.13. The summed E-state index contributed by atoms with van der Waals surface area (Å²) in [7, 11) is 0. The van der Waals surface area contributed by atoms with Crippen molar-refractivity contribution in [2.24, 2.45) is 0 Å². The summed E-state index contributed by atoms with van der Waals surface area (Å²) in [5.74, 6) is 0.464. The second kappa shape index (κ2) is 4.79. The van der Waals surface area contributed by atoms with Crippen LogP contribution < -0.4 is 4.90 Å². The van der Waals surface area contributed by atoms with Crippen LogP contribution in [0.15, 0.2) is 24.3 Å². The number of nitrogens with zero attached hydrogens (tertiary/aromatic N) is 1. The number of hydrogen-bond donors (Lipinski definition) is 1. The fourth-order valence-electron chi connectivity index (χ4n) is 1.84. The van der Waals surface area contributed by atoms with Crippen LogP contribution in [-0.4, -0.2) is 27.9 Å². The zero-order valence-electron chi connectivity index (χ0n) is 9.42. The normalized spacial score (nSPS) is 20.1. The van der Waals surface area contributed by atoms with E-state index in [0.29, 0.717) is 5.69 Å². The first-order valence-electron chi connectivity index (χ1n) is 5.41. The summed E-state index contributed by atoms with van der Waals surface area (Å²) in [4.78, 5) is 25.0. The van der Waals surface area contributed by atoms with Crippen molar-refractivity contribution in [3.05, 3.63) is 24.3 Å². The van der Waals surface area contributed by atoms with Crippen LogP contribution in [0.4, 0.5) is 5.69 Å². The van der Waals surface area contributed by atoms with Crippen molar-refractivity contribution in [1.29, 1.82) is 0 Å². The van der Waals surface area contributed by atoms with Gasteiger partial charge in [-0.1, -0.05) is 13.0 Å². The fourth-order valence-corrected chi connectivity index (χ4v) is 2.75. The number of thioether (sulfide) groups is 1. The van der Waals surface area contributed by atoms with Crippen LogP contribution in [-0.2, 0) is 9.59 Å². The van der Waals surface area contributed by atoms with Crippen molar-refractivity contribution in [2.75, 3.05) is 10.7 Å². The predicted octanol–water partition coefficient (Wildman–Crippen LogP) is 1.78. The maximum absolute atomic E-state index is 12.0. The van der Waals surface area contributed by atoms with Gasteiger partial charge in [0.1, 0.15) is 5.75 Å². The third-order valence-corrected chi connectivity index (χ3v) is 3.67. The van der Waals surface area contributed by atoms with Crippen molar-refractivity contribution in [3.63, 3.8) is 0 Å². The smallest absolute Gasteiger partial charge is 0.247 e. The van der Waals surface area contributed by atoms with Crippen molar-refractivity contribution >= 4 is 29.3 Å². The van der Waals surface area contributed by atoms with E-state index in [2.05, 4.69) is 0 Å².